The number of nitrogens with one attached hydrogen (secondary N) is 1. The summed E-state index contributed by atoms with van der Waals surface area (Å²) in [6, 6.07) is 7.90. The van der Waals surface area contributed by atoms with E-state index in [4.69, 9.17) is 4.74 Å². The van der Waals surface area contributed by atoms with Gasteiger partial charge in [-0.2, -0.15) is 0 Å². The second-order valence-electron chi connectivity index (χ2n) is 5.24. The van der Waals surface area contributed by atoms with E-state index in [0.717, 1.165) is 34.9 Å². The molecule has 0 radical (unpaired) electrons. The number of carbonyl (C=O) groups is 1. The van der Waals surface area contributed by atoms with E-state index in [1.165, 1.54) is 11.3 Å². The largest absolute Gasteiger partial charge is 0.486 e. The predicted molar refractivity (Wildman–Crippen MR) is 89.6 cm³/mol. The number of benzene rings is 1. The van der Waals surface area contributed by atoms with Crippen molar-refractivity contribution in [3.63, 3.8) is 0 Å². The zero-order valence-corrected chi connectivity index (χ0v) is 14.1. The van der Waals surface area contributed by atoms with E-state index in [9.17, 15) is 4.79 Å². The lowest BCUT2D eigenvalue weighted by molar-refractivity contribution is 0.0956. The Balaban J connectivity index is 1.95. The number of rotatable bonds is 7. The number of amides is 1. The molecule has 0 aliphatic rings. The molecule has 0 bridgehead atoms. The first-order chi connectivity index (χ1) is 10.6. The number of carbonyl (C=O) groups excluding carboxylic acids is 1. The maximum Gasteiger partial charge on any atom is 0.263 e. The molecule has 1 N–H and O–H groups in total. The monoisotopic (exact) mass is 318 g/mol. The van der Waals surface area contributed by atoms with Crippen LogP contribution in [0.5, 0.6) is 5.75 Å². The van der Waals surface area contributed by atoms with Crippen LogP contribution >= 0.6 is 11.3 Å². The lowest BCUT2D eigenvalue weighted by Gasteiger charge is -2.04. The van der Waals surface area contributed by atoms with Gasteiger partial charge in [-0.05, 0) is 38.0 Å². The first-order valence-electron chi connectivity index (χ1n) is 7.54. The Kier molecular flexibility index (Phi) is 5.95. The Bertz CT molecular complexity index is 637. The van der Waals surface area contributed by atoms with Gasteiger partial charge in [0.25, 0.3) is 5.91 Å². The van der Waals surface area contributed by atoms with Gasteiger partial charge in [0.1, 0.15) is 22.2 Å². The van der Waals surface area contributed by atoms with Gasteiger partial charge in [-0.15, -0.1) is 11.3 Å². The molecule has 1 heterocycles. The minimum Gasteiger partial charge on any atom is -0.486 e. The standard InChI is InChI=1S/C17H22N2O2S/c1-4-5-9-18-17(20)16-13(3)19-15(22-16)11-21-14-8-6-7-12(2)10-14/h6-8,10H,4-5,9,11H2,1-3H3,(H,18,20). The number of hydrogen-bond acceptors (Lipinski definition) is 4. The van der Waals surface area contributed by atoms with Gasteiger partial charge in [-0.25, -0.2) is 4.98 Å². The van der Waals surface area contributed by atoms with Gasteiger partial charge in [-0.3, -0.25) is 4.79 Å². The van der Waals surface area contributed by atoms with Crippen LogP contribution in [-0.2, 0) is 6.61 Å². The maximum atomic E-state index is 12.1. The number of aryl methyl sites for hydroxylation is 2. The van der Waals surface area contributed by atoms with Crippen LogP contribution < -0.4 is 10.1 Å². The number of ether oxygens (including phenoxy) is 1. The highest BCUT2D eigenvalue weighted by molar-refractivity contribution is 7.13. The average Bonchev–Trinajstić information content (AvgIpc) is 2.86. The maximum absolute atomic E-state index is 12.1. The Morgan fingerprint density at radius 1 is 1.36 bits per heavy atom. The van der Waals surface area contributed by atoms with Crippen molar-refractivity contribution in [1.29, 1.82) is 0 Å². The van der Waals surface area contributed by atoms with Crippen molar-refractivity contribution in [3.05, 3.63) is 45.4 Å². The summed E-state index contributed by atoms with van der Waals surface area (Å²) in [5.41, 5.74) is 1.92. The van der Waals surface area contributed by atoms with Crippen LogP contribution in [0.15, 0.2) is 24.3 Å². The number of unbranched alkanes of at least 4 members (excludes halogenated alkanes) is 1. The molecule has 118 valence electrons. The summed E-state index contributed by atoms with van der Waals surface area (Å²) in [4.78, 5) is 17.2. The van der Waals surface area contributed by atoms with E-state index in [1.54, 1.807) is 0 Å². The number of nitrogens with zero attached hydrogens (tertiary/aromatic N) is 1. The van der Waals surface area contributed by atoms with Gasteiger partial charge in [0.15, 0.2) is 0 Å². The third-order valence-electron chi connectivity index (χ3n) is 3.21. The van der Waals surface area contributed by atoms with Crippen LogP contribution in [-0.4, -0.2) is 17.4 Å². The van der Waals surface area contributed by atoms with Crippen LogP contribution in [0, 0.1) is 13.8 Å². The molecule has 22 heavy (non-hydrogen) atoms. The van der Waals surface area contributed by atoms with Gasteiger partial charge < -0.3 is 10.1 Å². The lowest BCUT2D eigenvalue weighted by atomic mass is 10.2. The predicted octanol–water partition coefficient (Wildman–Crippen LogP) is 3.87. The average molecular weight is 318 g/mol. The number of thiazole rings is 1. The Hall–Kier alpha value is -1.88. The van der Waals surface area contributed by atoms with E-state index in [0.29, 0.717) is 18.0 Å². The Labute approximate surface area is 135 Å². The van der Waals surface area contributed by atoms with Crippen molar-refractivity contribution in [2.45, 2.75) is 40.2 Å². The summed E-state index contributed by atoms with van der Waals surface area (Å²) >= 11 is 1.40. The molecule has 0 aliphatic carbocycles. The molecule has 1 aromatic carbocycles. The minimum absolute atomic E-state index is 0.0368. The highest BCUT2D eigenvalue weighted by atomic mass is 32.1. The molecule has 2 rings (SSSR count). The van der Waals surface area contributed by atoms with Crippen LogP contribution in [0.25, 0.3) is 0 Å². The van der Waals surface area contributed by atoms with Crippen molar-refractivity contribution in [2.75, 3.05) is 6.54 Å². The zero-order valence-electron chi connectivity index (χ0n) is 13.3. The van der Waals surface area contributed by atoms with E-state index < -0.39 is 0 Å². The highest BCUT2D eigenvalue weighted by Gasteiger charge is 2.15. The number of hydrogen-bond donors (Lipinski definition) is 1. The van der Waals surface area contributed by atoms with Crippen molar-refractivity contribution >= 4 is 17.2 Å². The molecule has 0 spiro atoms. The van der Waals surface area contributed by atoms with Crippen LogP contribution in [0.1, 0.15) is 45.7 Å². The van der Waals surface area contributed by atoms with Crippen LogP contribution in [0.4, 0.5) is 0 Å². The second kappa shape index (κ2) is 7.94. The molecule has 1 aromatic heterocycles. The zero-order chi connectivity index (χ0) is 15.9. The van der Waals surface area contributed by atoms with E-state index in [1.807, 2.05) is 38.1 Å². The van der Waals surface area contributed by atoms with E-state index in [-0.39, 0.29) is 5.91 Å². The van der Waals surface area contributed by atoms with Gasteiger partial charge in [0, 0.05) is 6.54 Å². The third kappa shape index (κ3) is 4.56. The summed E-state index contributed by atoms with van der Waals surface area (Å²) in [5, 5.41) is 3.75. The van der Waals surface area contributed by atoms with Crippen LogP contribution in [0.2, 0.25) is 0 Å². The van der Waals surface area contributed by atoms with Gasteiger partial charge >= 0.3 is 0 Å². The fourth-order valence-corrected chi connectivity index (χ4v) is 2.93. The first kappa shape index (κ1) is 16.5. The van der Waals surface area contributed by atoms with Gasteiger partial charge in [0.05, 0.1) is 5.69 Å². The molecule has 0 fully saturated rings. The van der Waals surface area contributed by atoms with Crippen molar-refractivity contribution in [3.8, 4) is 5.75 Å². The van der Waals surface area contributed by atoms with Crippen LogP contribution in [0.3, 0.4) is 0 Å². The SMILES string of the molecule is CCCCNC(=O)c1sc(COc2cccc(C)c2)nc1C. The minimum atomic E-state index is -0.0368. The fraction of sp³-hybridized carbons (Fsp3) is 0.412. The lowest BCUT2D eigenvalue weighted by Crippen LogP contribution is -2.24. The summed E-state index contributed by atoms with van der Waals surface area (Å²) in [7, 11) is 0. The van der Waals surface area contributed by atoms with Crippen molar-refractivity contribution in [1.82, 2.24) is 10.3 Å². The second-order valence-corrected chi connectivity index (χ2v) is 6.32. The van der Waals surface area contributed by atoms with Gasteiger partial charge in [0.2, 0.25) is 0 Å². The quantitative estimate of drug-likeness (QED) is 0.789. The van der Waals surface area contributed by atoms with Crippen molar-refractivity contribution < 1.29 is 9.53 Å². The molecule has 0 saturated heterocycles. The molecule has 0 saturated carbocycles. The summed E-state index contributed by atoms with van der Waals surface area (Å²) in [6.45, 7) is 7.09. The summed E-state index contributed by atoms with van der Waals surface area (Å²) < 4.78 is 5.74. The summed E-state index contributed by atoms with van der Waals surface area (Å²) in [5.74, 6) is 0.784. The van der Waals surface area contributed by atoms with E-state index >= 15 is 0 Å². The molecule has 2 aromatic rings. The summed E-state index contributed by atoms with van der Waals surface area (Å²) in [6.07, 6.45) is 2.06. The van der Waals surface area contributed by atoms with Crippen molar-refractivity contribution in [2.24, 2.45) is 0 Å². The molecule has 1 amide bonds. The first-order valence-corrected chi connectivity index (χ1v) is 8.35. The smallest absolute Gasteiger partial charge is 0.263 e. The highest BCUT2D eigenvalue weighted by Crippen LogP contribution is 2.20. The molecule has 4 nitrogen and oxygen atoms in total. The van der Waals surface area contributed by atoms with E-state index in [2.05, 4.69) is 17.2 Å². The fourth-order valence-electron chi connectivity index (χ4n) is 2.03. The third-order valence-corrected chi connectivity index (χ3v) is 4.34. The normalized spacial score (nSPS) is 10.5. The Morgan fingerprint density at radius 3 is 2.91 bits per heavy atom. The molecule has 0 unspecified atom stereocenters. The topological polar surface area (TPSA) is 51.2 Å². The number of aromatic nitrogens is 1. The molecular formula is C17H22N2O2S. The molecule has 0 atom stereocenters. The Morgan fingerprint density at radius 2 is 2.18 bits per heavy atom. The molecule has 5 heteroatoms. The molecular weight excluding hydrogens is 296 g/mol. The van der Waals surface area contributed by atoms with Gasteiger partial charge in [-0.1, -0.05) is 25.5 Å². The molecule has 0 aliphatic heterocycles.